The van der Waals surface area contributed by atoms with Gasteiger partial charge in [0.05, 0.1) is 23.1 Å². The van der Waals surface area contributed by atoms with Crippen molar-refractivity contribution in [2.24, 2.45) is 0 Å². The minimum absolute atomic E-state index is 0.0119. The number of benzene rings is 1. The van der Waals surface area contributed by atoms with Crippen molar-refractivity contribution < 1.29 is 17.9 Å². The summed E-state index contributed by atoms with van der Waals surface area (Å²) in [5.74, 6) is 1.22. The van der Waals surface area contributed by atoms with E-state index in [1.165, 1.54) is 0 Å². The Balaban J connectivity index is 1.61. The van der Waals surface area contributed by atoms with Crippen LogP contribution in [0.3, 0.4) is 0 Å². The molecule has 1 saturated heterocycles. The van der Waals surface area contributed by atoms with E-state index in [-0.39, 0.29) is 23.3 Å². The standard InChI is InChI=1S/C22H29N3O4S/c1-15(2)30(27,28)20-9-7-18(8-10-20)13-22(26)25-11-5-6-19(14-25)29-21-12-16(3)23-17(4)24-21/h7-10,12,15,19H,5-6,11,13-14H2,1-4H3/t19-/m1/s1. The Morgan fingerprint density at radius 2 is 1.90 bits per heavy atom. The van der Waals surface area contributed by atoms with Gasteiger partial charge in [0.25, 0.3) is 0 Å². The number of hydrogen-bond donors (Lipinski definition) is 0. The third kappa shape index (κ3) is 5.36. The fourth-order valence-corrected chi connectivity index (χ4v) is 4.59. The smallest absolute Gasteiger partial charge is 0.227 e. The normalized spacial score (nSPS) is 17.2. The lowest BCUT2D eigenvalue weighted by molar-refractivity contribution is -0.133. The van der Waals surface area contributed by atoms with Gasteiger partial charge in [-0.3, -0.25) is 4.79 Å². The molecule has 0 bridgehead atoms. The van der Waals surface area contributed by atoms with Gasteiger partial charge in [-0.05, 0) is 58.2 Å². The molecule has 2 heterocycles. The average molecular weight is 432 g/mol. The molecular weight excluding hydrogens is 402 g/mol. The van der Waals surface area contributed by atoms with Crippen LogP contribution in [0.2, 0.25) is 0 Å². The molecule has 0 spiro atoms. The van der Waals surface area contributed by atoms with E-state index >= 15 is 0 Å². The third-order valence-corrected chi connectivity index (χ3v) is 7.36. The van der Waals surface area contributed by atoms with E-state index in [0.717, 1.165) is 24.1 Å². The van der Waals surface area contributed by atoms with Gasteiger partial charge in [0, 0.05) is 18.3 Å². The maximum atomic E-state index is 12.8. The molecule has 1 aromatic heterocycles. The fourth-order valence-electron chi connectivity index (χ4n) is 3.53. The predicted octanol–water partition coefficient (Wildman–Crippen LogP) is 2.89. The molecule has 30 heavy (non-hydrogen) atoms. The highest BCUT2D eigenvalue weighted by Gasteiger charge is 2.26. The second-order valence-corrected chi connectivity index (χ2v) is 10.5. The summed E-state index contributed by atoms with van der Waals surface area (Å²) < 4.78 is 30.5. The van der Waals surface area contributed by atoms with Gasteiger partial charge in [0.2, 0.25) is 11.8 Å². The number of aryl methyl sites for hydroxylation is 2. The number of amides is 1. The number of sulfone groups is 1. The lowest BCUT2D eigenvalue weighted by Crippen LogP contribution is -2.45. The largest absolute Gasteiger partial charge is 0.472 e. The lowest BCUT2D eigenvalue weighted by Gasteiger charge is -2.32. The number of nitrogens with zero attached hydrogens (tertiary/aromatic N) is 3. The van der Waals surface area contributed by atoms with Crippen molar-refractivity contribution in [3.8, 4) is 5.88 Å². The Hall–Kier alpha value is -2.48. The zero-order chi connectivity index (χ0) is 21.9. The van der Waals surface area contributed by atoms with Gasteiger partial charge in [-0.25, -0.2) is 13.4 Å². The van der Waals surface area contributed by atoms with Crippen molar-refractivity contribution >= 4 is 15.7 Å². The van der Waals surface area contributed by atoms with E-state index in [9.17, 15) is 13.2 Å². The van der Waals surface area contributed by atoms with Gasteiger partial charge < -0.3 is 9.64 Å². The van der Waals surface area contributed by atoms with Crippen LogP contribution in [0.25, 0.3) is 0 Å². The Kier molecular flexibility index (Phi) is 6.75. The fraction of sp³-hybridized carbons (Fsp3) is 0.500. The summed E-state index contributed by atoms with van der Waals surface area (Å²) in [5, 5.41) is -0.474. The zero-order valence-electron chi connectivity index (χ0n) is 18.0. The molecular formula is C22H29N3O4S. The lowest BCUT2D eigenvalue weighted by atomic mass is 10.1. The summed E-state index contributed by atoms with van der Waals surface area (Å²) in [6.45, 7) is 8.25. The summed E-state index contributed by atoms with van der Waals surface area (Å²) >= 11 is 0. The monoisotopic (exact) mass is 431 g/mol. The molecule has 1 aliphatic rings. The van der Waals surface area contributed by atoms with Crippen molar-refractivity contribution in [3.05, 3.63) is 47.4 Å². The van der Waals surface area contributed by atoms with Crippen LogP contribution >= 0.6 is 0 Å². The zero-order valence-corrected chi connectivity index (χ0v) is 18.8. The summed E-state index contributed by atoms with van der Waals surface area (Å²) in [6, 6.07) is 8.41. The SMILES string of the molecule is Cc1cc(O[C@@H]2CCCN(C(=O)Cc3ccc(S(=O)(=O)C(C)C)cc3)C2)nc(C)n1. The number of ether oxygens (including phenoxy) is 1. The number of carbonyl (C=O) groups is 1. The van der Waals surface area contributed by atoms with Crippen LogP contribution in [-0.4, -0.2) is 53.6 Å². The van der Waals surface area contributed by atoms with Crippen molar-refractivity contribution in [1.82, 2.24) is 14.9 Å². The van der Waals surface area contributed by atoms with Gasteiger partial charge >= 0.3 is 0 Å². The Morgan fingerprint density at radius 1 is 1.20 bits per heavy atom. The van der Waals surface area contributed by atoms with Crippen LogP contribution < -0.4 is 4.74 Å². The van der Waals surface area contributed by atoms with Crippen LogP contribution in [0.1, 0.15) is 43.8 Å². The third-order valence-electron chi connectivity index (χ3n) is 5.19. The van der Waals surface area contributed by atoms with Gasteiger partial charge in [-0.15, -0.1) is 0 Å². The summed E-state index contributed by atoms with van der Waals surface area (Å²) in [5.41, 5.74) is 1.65. The minimum Gasteiger partial charge on any atom is -0.472 e. The van der Waals surface area contributed by atoms with E-state index in [1.54, 1.807) is 44.2 Å². The van der Waals surface area contributed by atoms with Crippen molar-refractivity contribution in [2.45, 2.75) is 63.2 Å². The number of rotatable bonds is 6. The number of carbonyl (C=O) groups excluding carboxylic acids is 1. The van der Waals surface area contributed by atoms with Gasteiger partial charge in [0.15, 0.2) is 9.84 Å². The predicted molar refractivity (Wildman–Crippen MR) is 114 cm³/mol. The molecule has 0 saturated carbocycles. The molecule has 2 aromatic rings. The molecule has 0 unspecified atom stereocenters. The van der Waals surface area contributed by atoms with E-state index in [4.69, 9.17) is 4.74 Å². The van der Waals surface area contributed by atoms with E-state index in [2.05, 4.69) is 9.97 Å². The maximum absolute atomic E-state index is 12.8. The first kappa shape index (κ1) is 22.2. The van der Waals surface area contributed by atoms with Crippen molar-refractivity contribution in [1.29, 1.82) is 0 Å². The summed E-state index contributed by atoms with van der Waals surface area (Å²) in [7, 11) is -3.31. The van der Waals surface area contributed by atoms with Gasteiger partial charge in [-0.2, -0.15) is 4.98 Å². The average Bonchev–Trinajstić information content (AvgIpc) is 2.67. The number of hydrogen-bond acceptors (Lipinski definition) is 6. The number of likely N-dealkylation sites (tertiary alicyclic amines) is 1. The molecule has 3 rings (SSSR count). The first-order valence-electron chi connectivity index (χ1n) is 10.2. The molecule has 0 N–H and O–H groups in total. The Morgan fingerprint density at radius 3 is 2.53 bits per heavy atom. The number of aromatic nitrogens is 2. The molecule has 1 fully saturated rings. The highest BCUT2D eigenvalue weighted by Crippen LogP contribution is 2.20. The van der Waals surface area contributed by atoms with Crippen molar-refractivity contribution in [3.63, 3.8) is 0 Å². The number of piperidine rings is 1. The second kappa shape index (κ2) is 9.12. The molecule has 0 radical (unpaired) electrons. The van der Waals surface area contributed by atoms with Crippen LogP contribution in [-0.2, 0) is 21.1 Å². The first-order valence-corrected chi connectivity index (χ1v) is 11.8. The Bertz CT molecular complexity index is 983. The minimum atomic E-state index is -3.31. The highest BCUT2D eigenvalue weighted by molar-refractivity contribution is 7.92. The summed E-state index contributed by atoms with van der Waals surface area (Å²) in [4.78, 5) is 23.5. The molecule has 162 valence electrons. The van der Waals surface area contributed by atoms with Gasteiger partial charge in [0.1, 0.15) is 11.9 Å². The van der Waals surface area contributed by atoms with E-state index in [1.807, 2.05) is 18.7 Å². The van der Waals surface area contributed by atoms with Gasteiger partial charge in [-0.1, -0.05) is 12.1 Å². The van der Waals surface area contributed by atoms with Crippen molar-refractivity contribution in [2.75, 3.05) is 13.1 Å². The molecule has 1 amide bonds. The van der Waals surface area contributed by atoms with Crippen LogP contribution in [0.4, 0.5) is 0 Å². The Labute approximate surface area is 178 Å². The van der Waals surface area contributed by atoms with E-state index in [0.29, 0.717) is 24.8 Å². The first-order chi connectivity index (χ1) is 14.1. The van der Waals surface area contributed by atoms with Crippen LogP contribution in [0.15, 0.2) is 35.2 Å². The molecule has 1 atom stereocenters. The topological polar surface area (TPSA) is 89.5 Å². The van der Waals surface area contributed by atoms with E-state index < -0.39 is 15.1 Å². The molecule has 8 heteroatoms. The second-order valence-electron chi connectivity index (χ2n) is 8.03. The van der Waals surface area contributed by atoms with Crippen LogP contribution in [0.5, 0.6) is 5.88 Å². The molecule has 1 aliphatic heterocycles. The maximum Gasteiger partial charge on any atom is 0.227 e. The highest BCUT2D eigenvalue weighted by atomic mass is 32.2. The molecule has 7 nitrogen and oxygen atoms in total. The molecule has 0 aliphatic carbocycles. The molecule has 1 aromatic carbocycles. The van der Waals surface area contributed by atoms with Crippen LogP contribution in [0, 0.1) is 13.8 Å². The quantitative estimate of drug-likeness (QED) is 0.699. The summed E-state index contributed by atoms with van der Waals surface area (Å²) in [6.07, 6.45) is 1.87.